The van der Waals surface area contributed by atoms with E-state index in [1.165, 1.54) is 31.0 Å². The van der Waals surface area contributed by atoms with E-state index in [2.05, 4.69) is 37.3 Å². The fourth-order valence-electron chi connectivity index (χ4n) is 5.25. The molecule has 1 saturated carbocycles. The fraction of sp³-hybridized carbons (Fsp3) is 0.800. The standard InChI is InChI=1S/C25H42N4O9P2/c1-8-12-36-23-22(38-39(15-35-13-10-26)29(16(2)3)17(4)5)21(18-14-19(18)40(32,33-6)34-7)37-24(23)28-11-9-20(30)27-25(28)31/h9,11,16-19,21-24H,8,12-15H2,1-7H3,(H,27,30,31)/t18?,19?,21-,22+,23?,24-,39?/m1/s1. The first-order valence-corrected chi connectivity index (χ1v) is 16.5. The number of hydrogen-bond acceptors (Lipinski definition) is 11. The molecule has 1 saturated heterocycles. The second-order valence-corrected chi connectivity index (χ2v) is 14.4. The van der Waals surface area contributed by atoms with Crippen LogP contribution in [0.15, 0.2) is 21.9 Å². The second-order valence-electron chi connectivity index (χ2n) is 10.3. The van der Waals surface area contributed by atoms with Crippen LogP contribution in [0.25, 0.3) is 0 Å². The van der Waals surface area contributed by atoms with Gasteiger partial charge < -0.3 is 27.8 Å². The zero-order valence-electron chi connectivity index (χ0n) is 24.2. The highest BCUT2D eigenvalue weighted by molar-refractivity contribution is 7.55. The van der Waals surface area contributed by atoms with E-state index in [4.69, 9.17) is 33.0 Å². The van der Waals surface area contributed by atoms with Crippen LogP contribution in [0.2, 0.25) is 0 Å². The van der Waals surface area contributed by atoms with Crippen molar-refractivity contribution in [3.05, 3.63) is 33.1 Å². The Morgan fingerprint density at radius 2 is 1.90 bits per heavy atom. The monoisotopic (exact) mass is 604 g/mol. The summed E-state index contributed by atoms with van der Waals surface area (Å²) in [6, 6.07) is 3.44. The Morgan fingerprint density at radius 1 is 1.23 bits per heavy atom. The van der Waals surface area contributed by atoms with Gasteiger partial charge in [-0.2, -0.15) is 5.26 Å². The molecule has 1 aliphatic carbocycles. The van der Waals surface area contributed by atoms with Crippen molar-refractivity contribution in [3.8, 4) is 6.07 Å². The molecule has 3 rings (SSSR count). The van der Waals surface area contributed by atoms with Gasteiger partial charge in [0.05, 0.1) is 17.8 Å². The third-order valence-corrected chi connectivity index (χ3v) is 11.7. The van der Waals surface area contributed by atoms with Crippen molar-refractivity contribution in [2.24, 2.45) is 5.92 Å². The molecule has 2 heterocycles. The predicted octanol–water partition coefficient (Wildman–Crippen LogP) is 3.42. The van der Waals surface area contributed by atoms with Gasteiger partial charge in [-0.25, -0.2) is 4.79 Å². The molecule has 1 aromatic rings. The van der Waals surface area contributed by atoms with Gasteiger partial charge in [-0.05, 0) is 40.5 Å². The van der Waals surface area contributed by atoms with E-state index >= 15 is 0 Å². The largest absolute Gasteiger partial charge is 0.371 e. The Bertz CT molecular complexity index is 1150. The topological polar surface area (TPSA) is 154 Å². The molecule has 4 unspecified atom stereocenters. The highest BCUT2D eigenvalue weighted by Crippen LogP contribution is 2.67. The molecule has 2 fully saturated rings. The van der Waals surface area contributed by atoms with E-state index in [1.54, 1.807) is 0 Å². The van der Waals surface area contributed by atoms with Crippen molar-refractivity contribution in [3.63, 3.8) is 0 Å². The summed E-state index contributed by atoms with van der Waals surface area (Å²) in [4.78, 5) is 26.9. The fourth-order valence-corrected chi connectivity index (χ4v) is 9.18. The summed E-state index contributed by atoms with van der Waals surface area (Å²) >= 11 is 0. The van der Waals surface area contributed by atoms with Crippen LogP contribution < -0.4 is 11.2 Å². The van der Waals surface area contributed by atoms with Crippen molar-refractivity contribution in [2.75, 3.05) is 33.8 Å². The van der Waals surface area contributed by atoms with E-state index in [0.29, 0.717) is 19.4 Å². The van der Waals surface area contributed by atoms with Gasteiger partial charge in [-0.1, -0.05) is 6.92 Å². The Labute approximate surface area is 236 Å². The summed E-state index contributed by atoms with van der Waals surface area (Å²) < 4.78 is 52.6. The number of rotatable bonds is 16. The number of aromatic nitrogens is 2. The molecule has 0 amide bonds. The van der Waals surface area contributed by atoms with Crippen LogP contribution in [0.5, 0.6) is 0 Å². The lowest BCUT2D eigenvalue weighted by Crippen LogP contribution is -2.42. The lowest BCUT2D eigenvalue weighted by molar-refractivity contribution is -0.0708. The minimum absolute atomic E-state index is 0.0858. The maximum Gasteiger partial charge on any atom is 0.333 e. The molecule has 0 radical (unpaired) electrons. The minimum atomic E-state index is -3.39. The molecule has 40 heavy (non-hydrogen) atoms. The lowest BCUT2D eigenvalue weighted by Gasteiger charge is -2.39. The average molecular weight is 605 g/mol. The molecule has 7 atom stereocenters. The summed E-state index contributed by atoms with van der Waals surface area (Å²) in [5.41, 5.74) is -1.58. The third kappa shape index (κ3) is 7.49. The SMILES string of the molecule is CCCOC1[C@@H](OP(COCC#N)N(C(C)C)C(C)C)[C@@H](C2CC2P(=O)(OC)OC)O[C@H]1n1ccc(=O)[nH]c1=O. The van der Waals surface area contributed by atoms with Crippen molar-refractivity contribution in [2.45, 2.75) is 89.7 Å². The van der Waals surface area contributed by atoms with Crippen LogP contribution in [-0.2, 0) is 32.3 Å². The number of hydrogen-bond donors (Lipinski definition) is 1. The summed E-state index contributed by atoms with van der Waals surface area (Å²) in [6.07, 6.45) is -0.199. The van der Waals surface area contributed by atoms with Crippen molar-refractivity contribution < 1.29 is 32.3 Å². The van der Waals surface area contributed by atoms with Crippen LogP contribution in [-0.4, -0.2) is 84.1 Å². The van der Waals surface area contributed by atoms with Crippen LogP contribution in [0.1, 0.15) is 53.7 Å². The van der Waals surface area contributed by atoms with Crippen LogP contribution in [0.4, 0.5) is 0 Å². The van der Waals surface area contributed by atoms with Gasteiger partial charge in [0.1, 0.15) is 33.5 Å². The number of nitriles is 1. The molecule has 1 aromatic heterocycles. The van der Waals surface area contributed by atoms with Gasteiger partial charge >= 0.3 is 13.3 Å². The maximum absolute atomic E-state index is 13.2. The number of H-pyrrole nitrogens is 1. The number of ether oxygens (including phenoxy) is 3. The van der Waals surface area contributed by atoms with E-state index in [1.807, 2.05) is 13.0 Å². The Morgan fingerprint density at radius 3 is 2.45 bits per heavy atom. The molecule has 2 aliphatic rings. The third-order valence-electron chi connectivity index (χ3n) is 6.93. The van der Waals surface area contributed by atoms with Gasteiger partial charge in [0.25, 0.3) is 5.56 Å². The van der Waals surface area contributed by atoms with E-state index < -0.39 is 57.3 Å². The maximum atomic E-state index is 13.2. The molecule has 1 aliphatic heterocycles. The highest BCUT2D eigenvalue weighted by atomic mass is 31.2. The first-order valence-electron chi connectivity index (χ1n) is 13.5. The van der Waals surface area contributed by atoms with Gasteiger partial charge in [0.15, 0.2) is 6.23 Å². The van der Waals surface area contributed by atoms with E-state index in [0.717, 1.165) is 0 Å². The zero-order valence-corrected chi connectivity index (χ0v) is 26.0. The molecular weight excluding hydrogens is 562 g/mol. The molecular formula is C25H42N4O9P2. The zero-order chi connectivity index (χ0) is 29.6. The molecule has 15 heteroatoms. The number of nitrogens with zero attached hydrogens (tertiary/aromatic N) is 3. The van der Waals surface area contributed by atoms with Gasteiger partial charge in [-0.3, -0.25) is 23.6 Å². The molecule has 1 N–H and O–H groups in total. The second kappa shape index (κ2) is 14.6. The van der Waals surface area contributed by atoms with Crippen molar-refractivity contribution >= 4 is 15.9 Å². The van der Waals surface area contributed by atoms with Crippen LogP contribution in [0, 0.1) is 17.2 Å². The van der Waals surface area contributed by atoms with Crippen LogP contribution >= 0.6 is 15.9 Å². The van der Waals surface area contributed by atoms with E-state index in [9.17, 15) is 14.2 Å². The summed E-state index contributed by atoms with van der Waals surface area (Å²) in [6.45, 7) is 10.5. The van der Waals surface area contributed by atoms with E-state index in [-0.39, 0.29) is 31.0 Å². The summed E-state index contributed by atoms with van der Waals surface area (Å²) in [5, 5.41) is 9.07. The van der Waals surface area contributed by atoms with Gasteiger partial charge in [0.2, 0.25) is 0 Å². The predicted molar refractivity (Wildman–Crippen MR) is 149 cm³/mol. The van der Waals surface area contributed by atoms with Gasteiger partial charge in [-0.15, -0.1) is 0 Å². The quantitative estimate of drug-likeness (QED) is 0.218. The summed E-state index contributed by atoms with van der Waals surface area (Å²) in [5.74, 6) is -0.254. The minimum Gasteiger partial charge on any atom is -0.371 e. The molecule has 0 spiro atoms. The molecule has 13 nitrogen and oxygen atoms in total. The first kappa shape index (κ1) is 33.1. The Hall–Kier alpha value is -1.45. The van der Waals surface area contributed by atoms with Crippen LogP contribution in [0.3, 0.4) is 0 Å². The lowest BCUT2D eigenvalue weighted by atomic mass is 10.1. The number of nitrogens with one attached hydrogen (secondary N) is 1. The summed E-state index contributed by atoms with van der Waals surface area (Å²) in [7, 11) is -2.10. The van der Waals surface area contributed by atoms with Crippen molar-refractivity contribution in [1.29, 1.82) is 5.26 Å². The highest BCUT2D eigenvalue weighted by Gasteiger charge is 2.62. The Balaban J connectivity index is 2.06. The normalized spacial score (nSPS) is 27.4. The Kier molecular flexibility index (Phi) is 12.1. The molecule has 0 aromatic carbocycles. The smallest absolute Gasteiger partial charge is 0.333 e. The molecule has 226 valence electrons. The average Bonchev–Trinajstić information content (AvgIpc) is 3.63. The number of aromatic amines is 1. The first-order chi connectivity index (χ1) is 19.0. The molecule has 0 bridgehead atoms. The van der Waals surface area contributed by atoms with Gasteiger partial charge in [0, 0.05) is 51.1 Å². The van der Waals surface area contributed by atoms with Crippen molar-refractivity contribution in [1.82, 2.24) is 14.2 Å².